The molecular formula is C18H23BrN2. The first-order valence-corrected chi connectivity index (χ1v) is 8.30. The number of pyridine rings is 1. The van der Waals surface area contributed by atoms with Crippen LogP contribution >= 0.6 is 15.9 Å². The maximum absolute atomic E-state index is 4.52. The van der Waals surface area contributed by atoms with Crippen LogP contribution in [0.5, 0.6) is 0 Å². The fourth-order valence-electron chi connectivity index (χ4n) is 2.48. The van der Waals surface area contributed by atoms with Gasteiger partial charge in [-0.3, -0.25) is 4.98 Å². The molecular weight excluding hydrogens is 324 g/mol. The molecule has 21 heavy (non-hydrogen) atoms. The number of hydrogen-bond donors (Lipinski definition) is 1. The normalized spacial score (nSPS) is 12.4. The van der Waals surface area contributed by atoms with Gasteiger partial charge in [0.1, 0.15) is 0 Å². The van der Waals surface area contributed by atoms with Crippen molar-refractivity contribution in [2.45, 2.75) is 39.7 Å². The quantitative estimate of drug-likeness (QED) is 0.816. The third kappa shape index (κ3) is 4.65. The highest BCUT2D eigenvalue weighted by molar-refractivity contribution is 9.10. The van der Waals surface area contributed by atoms with E-state index in [1.54, 1.807) is 0 Å². The molecule has 2 aromatic rings. The Morgan fingerprint density at radius 3 is 2.67 bits per heavy atom. The van der Waals surface area contributed by atoms with E-state index >= 15 is 0 Å². The maximum atomic E-state index is 4.52. The van der Waals surface area contributed by atoms with Crippen molar-refractivity contribution < 1.29 is 0 Å². The Morgan fingerprint density at radius 1 is 1.19 bits per heavy atom. The van der Waals surface area contributed by atoms with Crippen molar-refractivity contribution in [3.05, 3.63) is 63.4 Å². The van der Waals surface area contributed by atoms with Gasteiger partial charge in [0.25, 0.3) is 0 Å². The molecule has 0 saturated carbocycles. The van der Waals surface area contributed by atoms with E-state index in [0.29, 0.717) is 6.04 Å². The zero-order chi connectivity index (χ0) is 15.2. The second-order valence-corrected chi connectivity index (χ2v) is 6.45. The van der Waals surface area contributed by atoms with Crippen molar-refractivity contribution >= 4 is 15.9 Å². The predicted octanol–water partition coefficient (Wildman–Crippen LogP) is 4.74. The van der Waals surface area contributed by atoms with E-state index in [-0.39, 0.29) is 0 Å². The molecule has 2 rings (SSSR count). The molecule has 1 aromatic carbocycles. The van der Waals surface area contributed by atoms with Crippen molar-refractivity contribution in [3.8, 4) is 0 Å². The van der Waals surface area contributed by atoms with Gasteiger partial charge in [-0.05, 0) is 66.0 Å². The fraction of sp³-hybridized carbons (Fsp3) is 0.389. The van der Waals surface area contributed by atoms with Crippen LogP contribution in [0.4, 0.5) is 0 Å². The first-order valence-electron chi connectivity index (χ1n) is 7.51. The monoisotopic (exact) mass is 346 g/mol. The number of halogens is 1. The van der Waals surface area contributed by atoms with Gasteiger partial charge in [0, 0.05) is 28.8 Å². The van der Waals surface area contributed by atoms with Crippen LogP contribution in [0.25, 0.3) is 0 Å². The smallest absolute Gasteiger partial charge is 0.0423 e. The summed E-state index contributed by atoms with van der Waals surface area (Å²) in [5.74, 6) is 0. The lowest BCUT2D eigenvalue weighted by atomic mass is 9.95. The van der Waals surface area contributed by atoms with E-state index in [2.05, 4.69) is 77.3 Å². The van der Waals surface area contributed by atoms with E-state index in [4.69, 9.17) is 0 Å². The van der Waals surface area contributed by atoms with Gasteiger partial charge in [-0.25, -0.2) is 0 Å². The number of nitrogens with one attached hydrogen (secondary N) is 1. The van der Waals surface area contributed by atoms with Crippen molar-refractivity contribution in [2.75, 3.05) is 6.54 Å². The lowest BCUT2D eigenvalue weighted by Crippen LogP contribution is -2.25. The van der Waals surface area contributed by atoms with Gasteiger partial charge < -0.3 is 5.32 Å². The zero-order valence-corrected chi connectivity index (χ0v) is 14.6. The van der Waals surface area contributed by atoms with Crippen LogP contribution in [-0.2, 0) is 6.42 Å². The van der Waals surface area contributed by atoms with Crippen molar-refractivity contribution in [2.24, 2.45) is 0 Å². The molecule has 0 spiro atoms. The van der Waals surface area contributed by atoms with Gasteiger partial charge in [0.05, 0.1) is 0 Å². The molecule has 2 nitrogen and oxygen atoms in total. The van der Waals surface area contributed by atoms with Crippen LogP contribution in [0, 0.1) is 13.8 Å². The lowest BCUT2D eigenvalue weighted by molar-refractivity contribution is 0.522. The molecule has 3 heteroatoms. The van der Waals surface area contributed by atoms with Gasteiger partial charge in [-0.1, -0.05) is 30.7 Å². The molecule has 1 aromatic heterocycles. The summed E-state index contributed by atoms with van der Waals surface area (Å²) in [6, 6.07) is 11.1. The summed E-state index contributed by atoms with van der Waals surface area (Å²) in [5, 5.41) is 3.67. The second-order valence-electron chi connectivity index (χ2n) is 5.54. The van der Waals surface area contributed by atoms with E-state index < -0.39 is 0 Å². The number of benzene rings is 1. The molecule has 0 radical (unpaired) electrons. The molecule has 0 saturated heterocycles. The van der Waals surface area contributed by atoms with E-state index in [9.17, 15) is 0 Å². The molecule has 0 aliphatic heterocycles. The Morgan fingerprint density at radius 2 is 2.00 bits per heavy atom. The summed E-state index contributed by atoms with van der Waals surface area (Å²) in [5.41, 5.74) is 5.15. The number of aromatic nitrogens is 1. The molecule has 1 atom stereocenters. The summed E-state index contributed by atoms with van der Waals surface area (Å²) < 4.78 is 1.02. The van der Waals surface area contributed by atoms with Gasteiger partial charge in [0.2, 0.25) is 0 Å². The Kier molecular flexibility index (Phi) is 5.95. The largest absolute Gasteiger partial charge is 0.310 e. The highest BCUT2D eigenvalue weighted by atomic mass is 79.9. The molecule has 0 aliphatic carbocycles. The SMILES string of the molecule is CCCNC(Cc1ccc(Br)cn1)c1cc(C)ccc1C. The lowest BCUT2D eigenvalue weighted by Gasteiger charge is -2.21. The van der Waals surface area contributed by atoms with Crippen LogP contribution in [-0.4, -0.2) is 11.5 Å². The highest BCUT2D eigenvalue weighted by Crippen LogP contribution is 2.23. The Hall–Kier alpha value is -1.19. The van der Waals surface area contributed by atoms with Crippen molar-refractivity contribution in [1.29, 1.82) is 0 Å². The Labute approximate surface area is 136 Å². The van der Waals surface area contributed by atoms with Gasteiger partial charge >= 0.3 is 0 Å². The summed E-state index contributed by atoms with van der Waals surface area (Å²) >= 11 is 3.44. The van der Waals surface area contributed by atoms with Gasteiger partial charge in [-0.2, -0.15) is 0 Å². The molecule has 0 amide bonds. The Bertz CT molecular complexity index is 578. The van der Waals surface area contributed by atoms with Crippen molar-refractivity contribution in [3.63, 3.8) is 0 Å². The van der Waals surface area contributed by atoms with Crippen LogP contribution in [0.3, 0.4) is 0 Å². The summed E-state index contributed by atoms with van der Waals surface area (Å²) in [4.78, 5) is 4.52. The van der Waals surface area contributed by atoms with Gasteiger partial charge in [-0.15, -0.1) is 0 Å². The average molecular weight is 347 g/mol. The van der Waals surface area contributed by atoms with Crippen LogP contribution in [0.2, 0.25) is 0 Å². The van der Waals surface area contributed by atoms with E-state index in [1.165, 1.54) is 16.7 Å². The van der Waals surface area contributed by atoms with E-state index in [1.807, 2.05) is 6.20 Å². The summed E-state index contributed by atoms with van der Waals surface area (Å²) in [6.45, 7) is 7.56. The molecule has 112 valence electrons. The average Bonchev–Trinajstić information content (AvgIpc) is 2.48. The summed E-state index contributed by atoms with van der Waals surface area (Å²) in [7, 11) is 0. The minimum Gasteiger partial charge on any atom is -0.310 e. The topological polar surface area (TPSA) is 24.9 Å². The van der Waals surface area contributed by atoms with Gasteiger partial charge in [0.15, 0.2) is 0 Å². The minimum atomic E-state index is 0.318. The molecule has 0 bridgehead atoms. The third-order valence-corrected chi connectivity index (χ3v) is 4.12. The number of hydrogen-bond acceptors (Lipinski definition) is 2. The second kappa shape index (κ2) is 7.71. The maximum Gasteiger partial charge on any atom is 0.0423 e. The minimum absolute atomic E-state index is 0.318. The Balaban J connectivity index is 2.25. The fourth-order valence-corrected chi connectivity index (χ4v) is 2.72. The number of nitrogens with zero attached hydrogens (tertiary/aromatic N) is 1. The van der Waals surface area contributed by atoms with Crippen LogP contribution in [0.1, 0.15) is 41.8 Å². The molecule has 0 fully saturated rings. The standard InChI is InChI=1S/C18H23BrN2/c1-4-9-20-18(11-16-8-7-15(19)12-21-16)17-10-13(2)5-6-14(17)3/h5-8,10,12,18,20H,4,9,11H2,1-3H3. The molecule has 1 heterocycles. The summed E-state index contributed by atoms with van der Waals surface area (Å²) in [6.07, 6.45) is 3.92. The first kappa shape index (κ1) is 16.2. The molecule has 1 N–H and O–H groups in total. The molecule has 1 unspecified atom stereocenters. The van der Waals surface area contributed by atoms with Crippen LogP contribution < -0.4 is 5.32 Å². The predicted molar refractivity (Wildman–Crippen MR) is 92.6 cm³/mol. The van der Waals surface area contributed by atoms with Crippen molar-refractivity contribution in [1.82, 2.24) is 10.3 Å². The number of aryl methyl sites for hydroxylation is 2. The van der Waals surface area contributed by atoms with E-state index in [0.717, 1.165) is 29.6 Å². The highest BCUT2D eigenvalue weighted by Gasteiger charge is 2.14. The zero-order valence-electron chi connectivity index (χ0n) is 13.0. The third-order valence-electron chi connectivity index (χ3n) is 3.65. The number of rotatable bonds is 6. The molecule has 0 aliphatic rings. The first-order chi connectivity index (χ1) is 10.1. The van der Waals surface area contributed by atoms with Crippen LogP contribution in [0.15, 0.2) is 41.0 Å².